The zero-order valence-electron chi connectivity index (χ0n) is 16.0. The van der Waals surface area contributed by atoms with Crippen molar-refractivity contribution in [3.63, 3.8) is 0 Å². The molecule has 0 unspecified atom stereocenters. The summed E-state index contributed by atoms with van der Waals surface area (Å²) in [4.78, 5) is 17.1. The first-order valence-corrected chi connectivity index (χ1v) is 9.62. The average Bonchev–Trinajstić information content (AvgIpc) is 3.25. The van der Waals surface area contributed by atoms with Gasteiger partial charge < -0.3 is 14.5 Å². The van der Waals surface area contributed by atoms with Gasteiger partial charge in [0.1, 0.15) is 5.75 Å². The molecule has 0 spiro atoms. The van der Waals surface area contributed by atoms with Gasteiger partial charge in [0.05, 0.1) is 29.7 Å². The van der Waals surface area contributed by atoms with Gasteiger partial charge in [-0.1, -0.05) is 30.3 Å². The van der Waals surface area contributed by atoms with Gasteiger partial charge in [0.2, 0.25) is 0 Å². The zero-order valence-corrected chi connectivity index (χ0v) is 16.0. The van der Waals surface area contributed by atoms with E-state index in [0.717, 1.165) is 30.2 Å². The molecule has 0 N–H and O–H groups in total. The monoisotopic (exact) mass is 376 g/mol. The molecule has 1 aromatic heterocycles. The van der Waals surface area contributed by atoms with Crippen molar-refractivity contribution in [3.05, 3.63) is 72.6 Å². The van der Waals surface area contributed by atoms with E-state index in [1.807, 2.05) is 60.4 Å². The molecule has 144 valence electrons. The van der Waals surface area contributed by atoms with E-state index in [0.29, 0.717) is 25.3 Å². The number of hydrogen-bond donors (Lipinski definition) is 0. The number of amides is 1. The molecule has 1 aliphatic rings. The van der Waals surface area contributed by atoms with Crippen LogP contribution in [0.5, 0.6) is 5.75 Å². The fourth-order valence-corrected chi connectivity index (χ4v) is 3.48. The minimum atomic E-state index is 0.0277. The Bertz CT molecular complexity index is 930. The molecule has 0 saturated carbocycles. The third-order valence-electron chi connectivity index (χ3n) is 4.92. The largest absolute Gasteiger partial charge is 0.492 e. The number of rotatable bonds is 5. The van der Waals surface area contributed by atoms with Gasteiger partial charge in [0, 0.05) is 32.4 Å². The van der Waals surface area contributed by atoms with Gasteiger partial charge in [-0.25, -0.2) is 4.68 Å². The number of nitrogens with zero attached hydrogens (tertiary/aromatic N) is 4. The van der Waals surface area contributed by atoms with Gasteiger partial charge in [-0.3, -0.25) is 4.79 Å². The highest BCUT2D eigenvalue weighted by molar-refractivity contribution is 5.94. The number of hydrogen-bond acceptors (Lipinski definition) is 4. The van der Waals surface area contributed by atoms with E-state index in [9.17, 15) is 4.79 Å². The normalized spacial score (nSPS) is 14.2. The Hall–Kier alpha value is -3.28. The minimum Gasteiger partial charge on any atom is -0.492 e. The lowest BCUT2D eigenvalue weighted by atomic mass is 10.2. The maximum Gasteiger partial charge on any atom is 0.257 e. The van der Waals surface area contributed by atoms with Gasteiger partial charge in [-0.05, 0) is 31.2 Å². The smallest absolute Gasteiger partial charge is 0.257 e. The van der Waals surface area contributed by atoms with E-state index in [1.54, 1.807) is 17.1 Å². The summed E-state index contributed by atoms with van der Waals surface area (Å²) in [6.45, 7) is 5.54. The van der Waals surface area contributed by atoms with Crippen molar-refractivity contribution in [2.24, 2.45) is 0 Å². The molecule has 0 atom stereocenters. The Labute approximate surface area is 164 Å². The summed E-state index contributed by atoms with van der Waals surface area (Å²) in [7, 11) is 0. The third-order valence-corrected chi connectivity index (χ3v) is 4.92. The molecule has 1 saturated heterocycles. The Morgan fingerprint density at radius 3 is 2.46 bits per heavy atom. The highest BCUT2D eigenvalue weighted by atomic mass is 16.5. The lowest BCUT2D eigenvalue weighted by Gasteiger charge is -2.36. The molecular weight excluding hydrogens is 352 g/mol. The molecule has 1 amide bonds. The minimum absolute atomic E-state index is 0.0277. The molecule has 28 heavy (non-hydrogen) atoms. The molecule has 0 radical (unpaired) electrons. The first-order chi connectivity index (χ1) is 13.8. The van der Waals surface area contributed by atoms with Crippen molar-refractivity contribution in [1.29, 1.82) is 0 Å². The van der Waals surface area contributed by atoms with Crippen LogP contribution in [0.3, 0.4) is 0 Å². The molecule has 1 aliphatic heterocycles. The Morgan fingerprint density at radius 2 is 1.71 bits per heavy atom. The van der Waals surface area contributed by atoms with E-state index >= 15 is 0 Å². The Kier molecular flexibility index (Phi) is 5.28. The van der Waals surface area contributed by atoms with Crippen LogP contribution in [0.1, 0.15) is 17.3 Å². The summed E-state index contributed by atoms with van der Waals surface area (Å²) < 4.78 is 7.48. The second-order valence-corrected chi connectivity index (χ2v) is 6.69. The molecular formula is C22H24N4O2. The first kappa shape index (κ1) is 18.1. The van der Waals surface area contributed by atoms with Crippen LogP contribution in [0.15, 0.2) is 67.0 Å². The van der Waals surface area contributed by atoms with Crippen LogP contribution in [0.2, 0.25) is 0 Å². The lowest BCUT2D eigenvalue weighted by molar-refractivity contribution is 0.0746. The van der Waals surface area contributed by atoms with E-state index in [4.69, 9.17) is 4.74 Å². The maximum absolute atomic E-state index is 12.9. The topological polar surface area (TPSA) is 50.6 Å². The van der Waals surface area contributed by atoms with Crippen LogP contribution in [0.4, 0.5) is 5.69 Å². The Morgan fingerprint density at radius 1 is 1.00 bits per heavy atom. The summed E-state index contributed by atoms with van der Waals surface area (Å²) in [5.41, 5.74) is 2.65. The predicted molar refractivity (Wildman–Crippen MR) is 109 cm³/mol. The molecule has 0 bridgehead atoms. The number of benzene rings is 2. The highest BCUT2D eigenvalue weighted by Gasteiger charge is 2.24. The fourth-order valence-electron chi connectivity index (χ4n) is 3.48. The standard InChI is InChI=1S/C22H24N4O2/c1-2-28-21-11-7-6-10-20(21)24-12-14-25(15-13-24)22(27)18-16-23-26(17-18)19-8-4-3-5-9-19/h3-11,16-17H,2,12-15H2,1H3. The summed E-state index contributed by atoms with van der Waals surface area (Å²) in [5, 5.41) is 4.34. The number of carbonyl (C=O) groups excluding carboxylic acids is 1. The van der Waals surface area contributed by atoms with Crippen molar-refractivity contribution >= 4 is 11.6 Å². The van der Waals surface area contributed by atoms with E-state index < -0.39 is 0 Å². The van der Waals surface area contributed by atoms with Crippen LogP contribution in [0.25, 0.3) is 5.69 Å². The van der Waals surface area contributed by atoms with Crippen molar-refractivity contribution in [1.82, 2.24) is 14.7 Å². The molecule has 6 heteroatoms. The van der Waals surface area contributed by atoms with Crippen molar-refractivity contribution in [2.75, 3.05) is 37.7 Å². The van der Waals surface area contributed by atoms with Crippen molar-refractivity contribution < 1.29 is 9.53 Å². The number of ether oxygens (including phenoxy) is 1. The molecule has 6 nitrogen and oxygen atoms in total. The van der Waals surface area contributed by atoms with Crippen LogP contribution < -0.4 is 9.64 Å². The SMILES string of the molecule is CCOc1ccccc1N1CCN(C(=O)c2cnn(-c3ccccc3)c2)CC1. The lowest BCUT2D eigenvalue weighted by Crippen LogP contribution is -2.48. The van der Waals surface area contributed by atoms with Crippen molar-refractivity contribution in [2.45, 2.75) is 6.92 Å². The molecule has 0 aliphatic carbocycles. The summed E-state index contributed by atoms with van der Waals surface area (Å²) in [5.74, 6) is 0.925. The number of anilines is 1. The highest BCUT2D eigenvalue weighted by Crippen LogP contribution is 2.29. The zero-order chi connectivity index (χ0) is 19.3. The molecule has 1 fully saturated rings. The van der Waals surface area contributed by atoms with E-state index in [-0.39, 0.29) is 5.91 Å². The van der Waals surface area contributed by atoms with E-state index in [2.05, 4.69) is 16.1 Å². The van der Waals surface area contributed by atoms with Gasteiger partial charge >= 0.3 is 0 Å². The number of carbonyl (C=O) groups is 1. The summed E-state index contributed by atoms with van der Waals surface area (Å²) >= 11 is 0. The quantitative estimate of drug-likeness (QED) is 0.686. The average molecular weight is 376 g/mol. The molecule has 3 aromatic rings. The van der Waals surface area contributed by atoms with Crippen LogP contribution in [-0.2, 0) is 0 Å². The van der Waals surface area contributed by atoms with Gasteiger partial charge in [0.15, 0.2) is 0 Å². The first-order valence-electron chi connectivity index (χ1n) is 9.62. The second-order valence-electron chi connectivity index (χ2n) is 6.69. The number of aromatic nitrogens is 2. The molecule has 2 aromatic carbocycles. The Balaban J connectivity index is 1.42. The number of para-hydroxylation sites is 3. The summed E-state index contributed by atoms with van der Waals surface area (Å²) in [6, 6.07) is 17.9. The van der Waals surface area contributed by atoms with Gasteiger partial charge in [-0.2, -0.15) is 5.10 Å². The van der Waals surface area contributed by atoms with Crippen LogP contribution in [0, 0.1) is 0 Å². The van der Waals surface area contributed by atoms with E-state index in [1.165, 1.54) is 0 Å². The van der Waals surface area contributed by atoms with Crippen LogP contribution >= 0.6 is 0 Å². The predicted octanol–water partition coefficient (Wildman–Crippen LogP) is 3.23. The maximum atomic E-state index is 12.9. The molecule has 4 rings (SSSR count). The molecule has 2 heterocycles. The van der Waals surface area contributed by atoms with Gasteiger partial charge in [-0.15, -0.1) is 0 Å². The fraction of sp³-hybridized carbons (Fsp3) is 0.273. The summed E-state index contributed by atoms with van der Waals surface area (Å²) in [6.07, 6.45) is 3.44. The third kappa shape index (κ3) is 3.71. The van der Waals surface area contributed by atoms with Crippen LogP contribution in [-0.4, -0.2) is 53.4 Å². The van der Waals surface area contributed by atoms with Gasteiger partial charge in [0.25, 0.3) is 5.91 Å². The second kappa shape index (κ2) is 8.17. The number of piperazine rings is 1. The van der Waals surface area contributed by atoms with Crippen molar-refractivity contribution in [3.8, 4) is 11.4 Å².